The number of ether oxygens (including phenoxy) is 1. The lowest BCUT2D eigenvalue weighted by Gasteiger charge is -2.15. The van der Waals surface area contributed by atoms with E-state index in [2.05, 4.69) is 4.74 Å². The second kappa shape index (κ2) is 4.91. The molecule has 0 aromatic heterocycles. The van der Waals surface area contributed by atoms with E-state index in [1.807, 2.05) is 0 Å². The van der Waals surface area contributed by atoms with Crippen molar-refractivity contribution in [2.75, 3.05) is 6.61 Å². The molecule has 0 heterocycles. The average Bonchev–Trinajstić information content (AvgIpc) is 2.29. The predicted octanol–water partition coefficient (Wildman–Crippen LogP) is 2.52. The van der Waals surface area contributed by atoms with Crippen LogP contribution in [0.4, 0.5) is 8.78 Å². The predicted molar refractivity (Wildman–Crippen MR) is 56.4 cm³/mol. The maximum atomic E-state index is 13.6. The molecular formula is C12H11F2NO2. The number of halogens is 2. The van der Waals surface area contributed by atoms with E-state index < -0.39 is 17.5 Å². The quantitative estimate of drug-likeness (QED) is 0.761. The first kappa shape index (κ1) is 13.1. The van der Waals surface area contributed by atoms with Crippen LogP contribution < -0.4 is 0 Å². The molecule has 0 bridgehead atoms. The molecule has 0 aliphatic rings. The van der Waals surface area contributed by atoms with Gasteiger partial charge in [0.15, 0.2) is 0 Å². The topological polar surface area (TPSA) is 50.1 Å². The highest BCUT2D eigenvalue weighted by Crippen LogP contribution is 2.30. The Morgan fingerprint density at radius 2 is 2.18 bits per heavy atom. The number of hydrogen-bond acceptors (Lipinski definition) is 3. The Hall–Kier alpha value is -1.96. The lowest BCUT2D eigenvalue weighted by Crippen LogP contribution is -2.28. The third-order valence-corrected chi connectivity index (χ3v) is 2.25. The smallest absolute Gasteiger partial charge is 0.381 e. The van der Waals surface area contributed by atoms with E-state index in [-0.39, 0.29) is 12.2 Å². The van der Waals surface area contributed by atoms with Crippen LogP contribution >= 0.6 is 0 Å². The van der Waals surface area contributed by atoms with E-state index in [1.54, 1.807) is 13.0 Å². The third-order valence-electron chi connectivity index (χ3n) is 2.25. The summed E-state index contributed by atoms with van der Waals surface area (Å²) in [4.78, 5) is 11.1. The molecule has 5 heteroatoms. The zero-order valence-electron chi connectivity index (χ0n) is 9.46. The molecular weight excluding hydrogens is 228 g/mol. The summed E-state index contributed by atoms with van der Waals surface area (Å²) in [5.41, 5.74) is 0.167. The molecule has 3 nitrogen and oxygen atoms in total. The van der Waals surface area contributed by atoms with Crippen molar-refractivity contribution < 1.29 is 18.3 Å². The Morgan fingerprint density at radius 3 is 2.71 bits per heavy atom. The summed E-state index contributed by atoms with van der Waals surface area (Å²) in [7, 11) is 0. The van der Waals surface area contributed by atoms with Gasteiger partial charge in [-0.05, 0) is 25.5 Å². The fourth-order valence-electron chi connectivity index (χ4n) is 1.28. The molecule has 0 saturated heterocycles. The summed E-state index contributed by atoms with van der Waals surface area (Å²) in [5.74, 6) is -5.33. The summed E-state index contributed by atoms with van der Waals surface area (Å²) in [6, 6.07) is 5.29. The minimum Gasteiger partial charge on any atom is -0.461 e. The molecule has 0 amide bonds. The van der Waals surface area contributed by atoms with Crippen LogP contribution in [-0.2, 0) is 15.5 Å². The van der Waals surface area contributed by atoms with Crippen molar-refractivity contribution in [3.05, 3.63) is 34.9 Å². The second-order valence-corrected chi connectivity index (χ2v) is 3.44. The van der Waals surface area contributed by atoms with Gasteiger partial charge in [0.05, 0.1) is 18.2 Å². The fraction of sp³-hybridized carbons (Fsp3) is 0.333. The molecule has 90 valence electrons. The zero-order valence-corrected chi connectivity index (χ0v) is 9.46. The van der Waals surface area contributed by atoms with E-state index >= 15 is 0 Å². The molecule has 0 radical (unpaired) electrons. The van der Waals surface area contributed by atoms with Gasteiger partial charge in [-0.2, -0.15) is 14.0 Å². The number of nitrogens with zero attached hydrogens (tertiary/aromatic N) is 1. The summed E-state index contributed by atoms with van der Waals surface area (Å²) in [6.45, 7) is 2.96. The van der Waals surface area contributed by atoms with E-state index in [0.29, 0.717) is 5.56 Å². The zero-order chi connectivity index (χ0) is 13.1. The number of esters is 1. The molecule has 0 fully saturated rings. The number of alkyl halides is 2. The van der Waals surface area contributed by atoms with Crippen LogP contribution in [0.2, 0.25) is 0 Å². The largest absolute Gasteiger partial charge is 0.461 e. The Bertz CT molecular complexity index is 478. The number of aryl methyl sites for hydroxylation is 1. The van der Waals surface area contributed by atoms with E-state index in [4.69, 9.17) is 5.26 Å². The van der Waals surface area contributed by atoms with Gasteiger partial charge in [-0.15, -0.1) is 0 Å². The standard InChI is InChI=1S/C12H11F2NO2/c1-3-17-11(16)12(13,14)10-5-4-8(2)9(6-10)7-15/h4-6H,3H2,1-2H3. The molecule has 1 aromatic rings. The van der Waals surface area contributed by atoms with Gasteiger partial charge in [-0.1, -0.05) is 12.1 Å². The lowest BCUT2D eigenvalue weighted by atomic mass is 10.0. The number of carbonyl (C=O) groups is 1. The lowest BCUT2D eigenvalue weighted by molar-refractivity contribution is -0.173. The molecule has 1 rings (SSSR count). The third kappa shape index (κ3) is 2.59. The fourth-order valence-corrected chi connectivity index (χ4v) is 1.28. The first-order valence-corrected chi connectivity index (χ1v) is 4.99. The Kier molecular flexibility index (Phi) is 3.79. The van der Waals surface area contributed by atoms with Crippen LogP contribution in [0.5, 0.6) is 0 Å². The Labute approximate surface area is 97.6 Å². The first-order chi connectivity index (χ1) is 7.93. The van der Waals surface area contributed by atoms with Crippen molar-refractivity contribution in [1.82, 2.24) is 0 Å². The van der Waals surface area contributed by atoms with Gasteiger partial charge in [0.2, 0.25) is 0 Å². The van der Waals surface area contributed by atoms with Crippen molar-refractivity contribution in [1.29, 1.82) is 5.26 Å². The van der Waals surface area contributed by atoms with Crippen molar-refractivity contribution in [3.8, 4) is 6.07 Å². The van der Waals surface area contributed by atoms with Gasteiger partial charge in [-0.25, -0.2) is 4.79 Å². The SMILES string of the molecule is CCOC(=O)C(F)(F)c1ccc(C)c(C#N)c1. The van der Waals surface area contributed by atoms with Gasteiger partial charge in [-0.3, -0.25) is 0 Å². The van der Waals surface area contributed by atoms with Gasteiger partial charge in [0.1, 0.15) is 0 Å². The van der Waals surface area contributed by atoms with Crippen LogP contribution in [0, 0.1) is 18.3 Å². The summed E-state index contributed by atoms with van der Waals surface area (Å²) in [5, 5.41) is 8.74. The number of rotatable bonds is 3. The Morgan fingerprint density at radius 1 is 1.53 bits per heavy atom. The molecule has 0 aliphatic carbocycles. The number of carbonyl (C=O) groups excluding carboxylic acids is 1. The maximum Gasteiger partial charge on any atom is 0.381 e. The average molecular weight is 239 g/mol. The highest BCUT2D eigenvalue weighted by Gasteiger charge is 2.42. The van der Waals surface area contributed by atoms with Crippen molar-refractivity contribution in [2.45, 2.75) is 19.8 Å². The van der Waals surface area contributed by atoms with E-state index in [0.717, 1.165) is 12.1 Å². The van der Waals surface area contributed by atoms with Crippen molar-refractivity contribution in [3.63, 3.8) is 0 Å². The van der Waals surface area contributed by atoms with Gasteiger partial charge in [0.25, 0.3) is 0 Å². The summed E-state index contributed by atoms with van der Waals surface area (Å²) in [6.07, 6.45) is 0. The number of hydrogen-bond donors (Lipinski definition) is 0. The summed E-state index contributed by atoms with van der Waals surface area (Å²) < 4.78 is 31.5. The molecule has 0 N–H and O–H groups in total. The van der Waals surface area contributed by atoms with Gasteiger partial charge < -0.3 is 4.74 Å². The van der Waals surface area contributed by atoms with Gasteiger partial charge in [0, 0.05) is 5.56 Å². The molecule has 17 heavy (non-hydrogen) atoms. The normalized spacial score (nSPS) is 10.8. The van der Waals surface area contributed by atoms with E-state index in [9.17, 15) is 13.6 Å². The number of nitriles is 1. The van der Waals surface area contributed by atoms with Crippen molar-refractivity contribution >= 4 is 5.97 Å². The number of benzene rings is 1. The Balaban J connectivity index is 3.16. The van der Waals surface area contributed by atoms with Crippen LogP contribution in [0.3, 0.4) is 0 Å². The van der Waals surface area contributed by atoms with Crippen LogP contribution in [0.25, 0.3) is 0 Å². The van der Waals surface area contributed by atoms with Crippen molar-refractivity contribution in [2.24, 2.45) is 0 Å². The molecule has 0 atom stereocenters. The molecule has 0 spiro atoms. The maximum absolute atomic E-state index is 13.6. The van der Waals surface area contributed by atoms with Crippen LogP contribution in [0.1, 0.15) is 23.6 Å². The molecule has 1 aromatic carbocycles. The van der Waals surface area contributed by atoms with Gasteiger partial charge >= 0.3 is 11.9 Å². The van der Waals surface area contributed by atoms with E-state index in [1.165, 1.54) is 13.0 Å². The minimum absolute atomic E-state index is 0.117. The highest BCUT2D eigenvalue weighted by atomic mass is 19.3. The monoisotopic (exact) mass is 239 g/mol. The molecule has 0 aliphatic heterocycles. The summed E-state index contributed by atoms with van der Waals surface area (Å²) >= 11 is 0. The molecule has 0 saturated carbocycles. The van der Waals surface area contributed by atoms with Crippen LogP contribution in [0.15, 0.2) is 18.2 Å². The second-order valence-electron chi connectivity index (χ2n) is 3.44. The minimum atomic E-state index is -3.73. The van der Waals surface area contributed by atoms with Crippen LogP contribution in [-0.4, -0.2) is 12.6 Å². The highest BCUT2D eigenvalue weighted by molar-refractivity contribution is 5.79. The molecule has 0 unspecified atom stereocenters. The first-order valence-electron chi connectivity index (χ1n) is 4.99.